The first-order valence-electron chi connectivity index (χ1n) is 10.8. The largest absolute Gasteiger partial charge is 0.378 e. The van der Waals surface area contributed by atoms with Crippen LogP contribution < -0.4 is 10.3 Å². The van der Waals surface area contributed by atoms with Crippen molar-refractivity contribution < 1.29 is 4.74 Å². The summed E-state index contributed by atoms with van der Waals surface area (Å²) >= 11 is 0. The fraction of sp³-hybridized carbons (Fsp3) is 0.167. The van der Waals surface area contributed by atoms with Crippen LogP contribution in [-0.4, -0.2) is 57.1 Å². The molecule has 1 aliphatic rings. The van der Waals surface area contributed by atoms with E-state index >= 15 is 0 Å². The summed E-state index contributed by atoms with van der Waals surface area (Å²) in [7, 11) is 0. The molecule has 0 amide bonds. The van der Waals surface area contributed by atoms with Crippen molar-refractivity contribution in [2.24, 2.45) is 5.10 Å². The number of benzene rings is 1. The lowest BCUT2D eigenvalue weighted by Crippen LogP contribution is -2.37. The number of hydrogen-bond acceptors (Lipinski definition) is 7. The molecule has 0 unspecified atom stereocenters. The van der Waals surface area contributed by atoms with Crippen molar-refractivity contribution in [3.63, 3.8) is 0 Å². The van der Waals surface area contributed by atoms with Crippen LogP contribution in [0.5, 0.6) is 0 Å². The monoisotopic (exact) mass is 438 g/mol. The molecule has 5 aromatic rings. The van der Waals surface area contributed by atoms with Gasteiger partial charge in [0.1, 0.15) is 5.82 Å². The summed E-state index contributed by atoms with van der Waals surface area (Å²) in [6.45, 7) is 2.94. The van der Waals surface area contributed by atoms with Gasteiger partial charge in [-0.25, -0.2) is 4.98 Å². The lowest BCUT2D eigenvalue weighted by atomic mass is 10.2. The van der Waals surface area contributed by atoms with Crippen LogP contribution in [0.1, 0.15) is 5.56 Å². The number of ether oxygens (including phenoxy) is 1. The van der Waals surface area contributed by atoms with Crippen molar-refractivity contribution in [1.29, 1.82) is 0 Å². The van der Waals surface area contributed by atoms with E-state index in [9.17, 15) is 0 Å². The molecular formula is C24H22N8O. The Morgan fingerprint density at radius 3 is 2.85 bits per heavy atom. The van der Waals surface area contributed by atoms with E-state index in [1.54, 1.807) is 12.4 Å². The van der Waals surface area contributed by atoms with E-state index in [0.717, 1.165) is 52.3 Å². The average molecular weight is 438 g/mol. The summed E-state index contributed by atoms with van der Waals surface area (Å²) in [5.41, 5.74) is 7.62. The Morgan fingerprint density at radius 1 is 1.09 bits per heavy atom. The molecule has 1 fully saturated rings. The third-order valence-corrected chi connectivity index (χ3v) is 5.73. The summed E-state index contributed by atoms with van der Waals surface area (Å²) in [5, 5.41) is 10.2. The van der Waals surface area contributed by atoms with Crippen LogP contribution >= 0.6 is 0 Å². The molecule has 0 atom stereocenters. The van der Waals surface area contributed by atoms with Crippen LogP contribution in [-0.2, 0) is 4.74 Å². The van der Waals surface area contributed by atoms with Crippen LogP contribution in [0.3, 0.4) is 0 Å². The second kappa shape index (κ2) is 8.36. The van der Waals surface area contributed by atoms with Gasteiger partial charge in [-0.15, -0.1) is 0 Å². The number of aromatic nitrogens is 5. The number of pyridine rings is 1. The number of hydrazone groups is 1. The predicted octanol–water partition coefficient (Wildman–Crippen LogP) is 3.56. The van der Waals surface area contributed by atoms with Gasteiger partial charge in [0.15, 0.2) is 11.5 Å². The number of H-pyrrole nitrogens is 1. The smallest absolute Gasteiger partial charge is 0.169 e. The highest BCUT2D eigenvalue weighted by Gasteiger charge is 2.19. The fourth-order valence-electron chi connectivity index (χ4n) is 4.09. The molecule has 1 saturated heterocycles. The van der Waals surface area contributed by atoms with E-state index in [4.69, 9.17) is 9.72 Å². The predicted molar refractivity (Wildman–Crippen MR) is 129 cm³/mol. The minimum Gasteiger partial charge on any atom is -0.378 e. The third-order valence-electron chi connectivity index (χ3n) is 5.73. The molecule has 0 saturated carbocycles. The molecule has 0 aliphatic carbocycles. The van der Waals surface area contributed by atoms with Crippen LogP contribution in [0.25, 0.3) is 27.8 Å². The van der Waals surface area contributed by atoms with Gasteiger partial charge in [0, 0.05) is 48.0 Å². The molecule has 6 rings (SSSR count). The minimum atomic E-state index is 0.637. The standard InChI is InChI=1S/C24H22N8O/c1-2-6-20-18(5-1)17(14-26-20)15-27-30-22-13-23(31-9-11-33-12-10-31)32-24(29-22)19(16-28-32)21-7-3-4-8-25-21/h1-8,13-16,26H,9-12H2,(H,29,30)/b27-15+. The number of anilines is 2. The molecule has 9 heteroatoms. The first-order chi connectivity index (χ1) is 16.4. The zero-order valence-electron chi connectivity index (χ0n) is 17.8. The molecule has 0 radical (unpaired) electrons. The highest BCUT2D eigenvalue weighted by molar-refractivity contribution is 5.99. The molecule has 164 valence electrons. The maximum atomic E-state index is 5.54. The highest BCUT2D eigenvalue weighted by Crippen LogP contribution is 2.28. The normalized spacial score (nSPS) is 14.5. The number of morpholine rings is 1. The van der Waals surface area contributed by atoms with Crippen LogP contribution in [0, 0.1) is 0 Å². The Morgan fingerprint density at radius 2 is 1.97 bits per heavy atom. The molecule has 5 heterocycles. The van der Waals surface area contributed by atoms with Crippen LogP contribution in [0.2, 0.25) is 0 Å². The van der Waals surface area contributed by atoms with Gasteiger partial charge in [-0.3, -0.25) is 10.4 Å². The topological polar surface area (TPSA) is 95.7 Å². The average Bonchev–Trinajstić information content (AvgIpc) is 3.49. The summed E-state index contributed by atoms with van der Waals surface area (Å²) in [4.78, 5) is 14.8. The number of rotatable bonds is 5. The van der Waals surface area contributed by atoms with Crippen molar-refractivity contribution >= 4 is 34.4 Å². The molecule has 1 aromatic carbocycles. The van der Waals surface area contributed by atoms with E-state index < -0.39 is 0 Å². The molecule has 4 aromatic heterocycles. The number of para-hydroxylation sites is 1. The van der Waals surface area contributed by atoms with Gasteiger partial charge in [-0.05, 0) is 18.2 Å². The van der Waals surface area contributed by atoms with Crippen molar-refractivity contribution in [2.45, 2.75) is 0 Å². The van der Waals surface area contributed by atoms with E-state index in [1.807, 2.05) is 59.4 Å². The van der Waals surface area contributed by atoms with Crippen molar-refractivity contribution in [2.75, 3.05) is 36.6 Å². The highest BCUT2D eigenvalue weighted by atomic mass is 16.5. The second-order valence-electron chi connectivity index (χ2n) is 7.77. The van der Waals surface area contributed by atoms with Crippen molar-refractivity contribution in [3.05, 3.63) is 72.7 Å². The van der Waals surface area contributed by atoms with Gasteiger partial charge in [0.2, 0.25) is 0 Å². The lowest BCUT2D eigenvalue weighted by Gasteiger charge is -2.29. The second-order valence-corrected chi connectivity index (χ2v) is 7.77. The molecule has 0 bridgehead atoms. The van der Waals surface area contributed by atoms with Gasteiger partial charge in [-0.2, -0.15) is 14.7 Å². The van der Waals surface area contributed by atoms with Gasteiger partial charge >= 0.3 is 0 Å². The third kappa shape index (κ3) is 3.68. The zero-order chi connectivity index (χ0) is 22.0. The summed E-state index contributed by atoms with van der Waals surface area (Å²) in [5.74, 6) is 1.58. The summed E-state index contributed by atoms with van der Waals surface area (Å²) < 4.78 is 7.41. The van der Waals surface area contributed by atoms with Crippen LogP contribution in [0.15, 0.2) is 72.2 Å². The Hall–Kier alpha value is -4.24. The van der Waals surface area contributed by atoms with Gasteiger partial charge in [-0.1, -0.05) is 24.3 Å². The number of nitrogens with one attached hydrogen (secondary N) is 2. The van der Waals surface area contributed by atoms with Gasteiger partial charge in [0.05, 0.1) is 36.9 Å². The maximum Gasteiger partial charge on any atom is 0.169 e. The maximum absolute atomic E-state index is 5.54. The van der Waals surface area contributed by atoms with Gasteiger partial charge < -0.3 is 14.6 Å². The SMILES string of the molecule is C(=N\Nc1cc(N2CCOCC2)n2ncc(-c3ccccn3)c2n1)/c1c[nH]c2ccccc12. The molecule has 2 N–H and O–H groups in total. The first kappa shape index (κ1) is 19.4. The number of nitrogens with zero attached hydrogens (tertiary/aromatic N) is 6. The van der Waals surface area contributed by atoms with E-state index in [-0.39, 0.29) is 0 Å². The first-order valence-corrected chi connectivity index (χ1v) is 10.8. The zero-order valence-corrected chi connectivity index (χ0v) is 17.8. The fourth-order valence-corrected chi connectivity index (χ4v) is 4.09. The Labute approximate surface area is 189 Å². The molecule has 9 nitrogen and oxygen atoms in total. The molecular weight excluding hydrogens is 416 g/mol. The van der Waals surface area contributed by atoms with E-state index in [1.165, 1.54) is 0 Å². The van der Waals surface area contributed by atoms with Gasteiger partial charge in [0.25, 0.3) is 0 Å². The molecule has 0 spiro atoms. The number of aromatic amines is 1. The Balaban J connectivity index is 1.39. The Kier molecular flexibility index (Phi) is 4.93. The molecule has 33 heavy (non-hydrogen) atoms. The van der Waals surface area contributed by atoms with E-state index in [0.29, 0.717) is 19.0 Å². The Bertz CT molecular complexity index is 1430. The van der Waals surface area contributed by atoms with E-state index in [2.05, 4.69) is 36.6 Å². The number of hydrogen-bond donors (Lipinski definition) is 2. The molecule has 1 aliphatic heterocycles. The minimum absolute atomic E-state index is 0.637. The number of fused-ring (bicyclic) bond motifs is 2. The van der Waals surface area contributed by atoms with Crippen molar-refractivity contribution in [3.8, 4) is 11.3 Å². The summed E-state index contributed by atoms with van der Waals surface area (Å²) in [6, 6.07) is 15.9. The van der Waals surface area contributed by atoms with Crippen molar-refractivity contribution in [1.82, 2.24) is 24.6 Å². The summed E-state index contributed by atoms with van der Waals surface area (Å²) in [6.07, 6.45) is 7.33. The lowest BCUT2D eigenvalue weighted by molar-refractivity contribution is 0.122. The quantitative estimate of drug-likeness (QED) is 0.322. The van der Waals surface area contributed by atoms with Crippen LogP contribution in [0.4, 0.5) is 11.6 Å².